The highest BCUT2D eigenvalue weighted by atomic mass is 15.0. The second-order valence-corrected chi connectivity index (χ2v) is 4.65. The second kappa shape index (κ2) is 4.21. The Hall–Kier alpha value is -1.83. The van der Waals surface area contributed by atoms with Gasteiger partial charge >= 0.3 is 0 Å². The van der Waals surface area contributed by atoms with Crippen molar-refractivity contribution in [3.8, 4) is 0 Å². The summed E-state index contributed by atoms with van der Waals surface area (Å²) in [6.07, 6.45) is 3.03. The number of fused-ring (bicyclic) bond motifs is 1. The lowest BCUT2D eigenvalue weighted by atomic mass is 9.77. The van der Waals surface area contributed by atoms with Crippen molar-refractivity contribution in [1.29, 1.82) is 0 Å². The SMILES string of the molecule is Cc1cccnc1NCC1Cc2ccccc21. The van der Waals surface area contributed by atoms with Gasteiger partial charge in [-0.1, -0.05) is 30.3 Å². The van der Waals surface area contributed by atoms with E-state index in [-0.39, 0.29) is 0 Å². The average Bonchev–Trinajstić information content (AvgIpc) is 2.32. The summed E-state index contributed by atoms with van der Waals surface area (Å²) in [6.45, 7) is 3.07. The molecule has 0 amide bonds. The van der Waals surface area contributed by atoms with Crippen molar-refractivity contribution in [3.63, 3.8) is 0 Å². The first-order valence-corrected chi connectivity index (χ1v) is 6.08. The Bertz CT molecular complexity index is 534. The first-order chi connectivity index (χ1) is 8.34. The van der Waals surface area contributed by atoms with Gasteiger partial charge in [0.1, 0.15) is 5.82 Å². The van der Waals surface area contributed by atoms with Crippen molar-refractivity contribution in [2.24, 2.45) is 0 Å². The van der Waals surface area contributed by atoms with E-state index in [1.54, 1.807) is 0 Å². The number of nitrogens with zero attached hydrogens (tertiary/aromatic N) is 1. The molecule has 0 saturated heterocycles. The molecule has 1 heterocycles. The molecule has 0 saturated carbocycles. The molecule has 3 rings (SSSR count). The summed E-state index contributed by atoms with van der Waals surface area (Å²) in [4.78, 5) is 4.35. The summed E-state index contributed by atoms with van der Waals surface area (Å²) < 4.78 is 0. The zero-order valence-electron chi connectivity index (χ0n) is 9.98. The predicted molar refractivity (Wildman–Crippen MR) is 70.4 cm³/mol. The molecule has 0 bridgehead atoms. The zero-order chi connectivity index (χ0) is 11.7. The van der Waals surface area contributed by atoms with Crippen LogP contribution in [0.1, 0.15) is 22.6 Å². The van der Waals surface area contributed by atoms with Crippen molar-refractivity contribution < 1.29 is 0 Å². The fourth-order valence-electron chi connectivity index (χ4n) is 2.44. The number of aryl methyl sites for hydroxylation is 1. The van der Waals surface area contributed by atoms with Crippen LogP contribution in [0.2, 0.25) is 0 Å². The molecule has 0 aliphatic heterocycles. The van der Waals surface area contributed by atoms with Gasteiger partial charge in [-0.25, -0.2) is 4.98 Å². The molecule has 1 aliphatic rings. The summed E-state index contributed by atoms with van der Waals surface area (Å²) in [5, 5.41) is 3.44. The smallest absolute Gasteiger partial charge is 0.128 e. The minimum absolute atomic E-state index is 0.646. The first kappa shape index (κ1) is 10.3. The van der Waals surface area contributed by atoms with E-state index in [1.807, 2.05) is 12.3 Å². The summed E-state index contributed by atoms with van der Waals surface area (Å²) in [7, 11) is 0. The van der Waals surface area contributed by atoms with Gasteiger partial charge in [0.25, 0.3) is 0 Å². The maximum atomic E-state index is 4.35. The van der Waals surface area contributed by atoms with Crippen molar-refractivity contribution in [3.05, 3.63) is 59.3 Å². The zero-order valence-corrected chi connectivity index (χ0v) is 9.98. The summed E-state index contributed by atoms with van der Waals surface area (Å²) in [5.41, 5.74) is 4.20. The number of anilines is 1. The van der Waals surface area contributed by atoms with Gasteiger partial charge in [-0.05, 0) is 36.1 Å². The van der Waals surface area contributed by atoms with Crippen LogP contribution >= 0.6 is 0 Å². The molecule has 2 nitrogen and oxygen atoms in total. The molecular formula is C15H16N2. The number of benzene rings is 1. The molecular weight excluding hydrogens is 208 g/mol. The minimum Gasteiger partial charge on any atom is -0.369 e. The van der Waals surface area contributed by atoms with Crippen molar-refractivity contribution in [1.82, 2.24) is 4.98 Å². The second-order valence-electron chi connectivity index (χ2n) is 4.65. The summed E-state index contributed by atoms with van der Waals surface area (Å²) in [6, 6.07) is 12.7. The van der Waals surface area contributed by atoms with Gasteiger partial charge in [0.05, 0.1) is 0 Å². The van der Waals surface area contributed by atoms with Crippen LogP contribution < -0.4 is 5.32 Å². The number of hydrogen-bond donors (Lipinski definition) is 1. The molecule has 1 aliphatic carbocycles. The van der Waals surface area contributed by atoms with E-state index in [2.05, 4.69) is 47.6 Å². The molecule has 2 aromatic rings. The molecule has 1 atom stereocenters. The number of rotatable bonds is 3. The Kier molecular flexibility index (Phi) is 2.56. The lowest BCUT2D eigenvalue weighted by Crippen LogP contribution is -2.24. The van der Waals surface area contributed by atoms with Crippen LogP contribution in [-0.2, 0) is 6.42 Å². The fraction of sp³-hybridized carbons (Fsp3) is 0.267. The van der Waals surface area contributed by atoms with E-state index in [0.29, 0.717) is 5.92 Å². The van der Waals surface area contributed by atoms with Crippen molar-refractivity contribution in [2.45, 2.75) is 19.3 Å². The van der Waals surface area contributed by atoms with Crippen LogP contribution in [0.25, 0.3) is 0 Å². The number of aromatic nitrogens is 1. The number of nitrogens with one attached hydrogen (secondary N) is 1. The molecule has 1 aromatic carbocycles. The van der Waals surface area contributed by atoms with Gasteiger partial charge in [0, 0.05) is 18.7 Å². The lowest BCUT2D eigenvalue weighted by Gasteiger charge is -2.30. The van der Waals surface area contributed by atoms with E-state index >= 15 is 0 Å². The molecule has 17 heavy (non-hydrogen) atoms. The van der Waals surface area contributed by atoms with Crippen LogP contribution in [0.5, 0.6) is 0 Å². The van der Waals surface area contributed by atoms with E-state index in [9.17, 15) is 0 Å². The number of hydrogen-bond acceptors (Lipinski definition) is 2. The van der Waals surface area contributed by atoms with Crippen LogP contribution in [0.3, 0.4) is 0 Å². The Morgan fingerprint density at radius 2 is 2.12 bits per heavy atom. The summed E-state index contributed by atoms with van der Waals surface area (Å²) >= 11 is 0. The Balaban J connectivity index is 1.66. The highest BCUT2D eigenvalue weighted by Crippen LogP contribution is 2.34. The molecule has 2 heteroatoms. The van der Waals surface area contributed by atoms with E-state index in [0.717, 1.165) is 12.4 Å². The van der Waals surface area contributed by atoms with Crippen LogP contribution in [0.4, 0.5) is 5.82 Å². The topological polar surface area (TPSA) is 24.9 Å². The van der Waals surface area contributed by atoms with Crippen molar-refractivity contribution >= 4 is 5.82 Å². The third-order valence-corrected chi connectivity index (χ3v) is 3.49. The molecule has 1 aromatic heterocycles. The third kappa shape index (κ3) is 1.91. The van der Waals surface area contributed by atoms with Gasteiger partial charge in [0.2, 0.25) is 0 Å². The van der Waals surface area contributed by atoms with E-state index in [1.165, 1.54) is 23.1 Å². The van der Waals surface area contributed by atoms with Gasteiger partial charge in [0.15, 0.2) is 0 Å². The highest BCUT2D eigenvalue weighted by molar-refractivity contribution is 5.46. The summed E-state index contributed by atoms with van der Waals surface area (Å²) in [5.74, 6) is 1.66. The van der Waals surface area contributed by atoms with E-state index < -0.39 is 0 Å². The predicted octanol–water partition coefficient (Wildman–Crippen LogP) is 3.14. The normalized spacial score (nSPS) is 17.1. The minimum atomic E-state index is 0.646. The monoisotopic (exact) mass is 224 g/mol. The maximum Gasteiger partial charge on any atom is 0.128 e. The average molecular weight is 224 g/mol. The van der Waals surface area contributed by atoms with Crippen molar-refractivity contribution in [2.75, 3.05) is 11.9 Å². The Morgan fingerprint density at radius 1 is 1.24 bits per heavy atom. The Labute approximate surface area is 102 Å². The maximum absolute atomic E-state index is 4.35. The molecule has 0 fully saturated rings. The molecule has 0 radical (unpaired) electrons. The molecule has 1 N–H and O–H groups in total. The third-order valence-electron chi connectivity index (χ3n) is 3.49. The molecule has 86 valence electrons. The lowest BCUT2D eigenvalue weighted by molar-refractivity contribution is 0.634. The molecule has 1 unspecified atom stereocenters. The largest absolute Gasteiger partial charge is 0.369 e. The van der Waals surface area contributed by atoms with Crippen LogP contribution in [0.15, 0.2) is 42.6 Å². The van der Waals surface area contributed by atoms with Gasteiger partial charge in [-0.15, -0.1) is 0 Å². The van der Waals surface area contributed by atoms with E-state index in [4.69, 9.17) is 0 Å². The first-order valence-electron chi connectivity index (χ1n) is 6.08. The standard InChI is InChI=1S/C15H16N2/c1-11-5-4-8-16-15(11)17-10-13-9-12-6-2-3-7-14(12)13/h2-8,13H,9-10H2,1H3,(H,16,17). The van der Waals surface area contributed by atoms with Gasteiger partial charge in [-0.3, -0.25) is 0 Å². The molecule has 0 spiro atoms. The number of pyridine rings is 1. The Morgan fingerprint density at radius 3 is 2.94 bits per heavy atom. The van der Waals surface area contributed by atoms with Crippen LogP contribution in [0, 0.1) is 6.92 Å². The highest BCUT2D eigenvalue weighted by Gasteiger charge is 2.24. The van der Waals surface area contributed by atoms with Crippen LogP contribution in [-0.4, -0.2) is 11.5 Å². The fourth-order valence-corrected chi connectivity index (χ4v) is 2.44. The quantitative estimate of drug-likeness (QED) is 0.866. The van der Waals surface area contributed by atoms with Gasteiger partial charge < -0.3 is 5.32 Å². The van der Waals surface area contributed by atoms with Gasteiger partial charge in [-0.2, -0.15) is 0 Å².